The maximum absolute atomic E-state index is 7.32. The molecule has 2 rings (SSSR count). The molecule has 10 heavy (non-hydrogen) atoms. The van der Waals surface area contributed by atoms with Crippen molar-refractivity contribution in [1.82, 2.24) is 0 Å². The van der Waals surface area contributed by atoms with Gasteiger partial charge in [-0.2, -0.15) is 5.26 Å². The van der Waals surface area contributed by atoms with E-state index < -0.39 is 0 Å². The highest BCUT2D eigenvalue weighted by Crippen LogP contribution is 2.38. The maximum atomic E-state index is 7.32. The maximum Gasteiger partial charge on any atom is 0.0587 e. The molecule has 0 spiro atoms. The van der Waals surface area contributed by atoms with Crippen LogP contribution in [0.25, 0.3) is 0 Å². The third-order valence-corrected chi connectivity index (χ3v) is 2.17. The van der Waals surface area contributed by atoms with Crippen LogP contribution in [0, 0.1) is 23.2 Å². The van der Waals surface area contributed by atoms with Crippen LogP contribution in [0.15, 0.2) is 12.2 Å². The van der Waals surface area contributed by atoms with E-state index in [4.69, 9.17) is 5.26 Å². The summed E-state index contributed by atoms with van der Waals surface area (Å²) in [5.74, 6) is 1.98. The molecule has 54 valence electrons. The van der Waals surface area contributed by atoms with Gasteiger partial charge in [-0.05, 0) is 31.1 Å². The number of fused-ring (bicyclic) bond motifs is 2. The van der Waals surface area contributed by atoms with E-state index in [0.29, 0.717) is 0 Å². The third kappa shape index (κ3) is 1.60. The normalized spacial score (nSPS) is 32.8. The van der Waals surface area contributed by atoms with Crippen LogP contribution < -0.4 is 0 Å². The molecule has 2 aliphatic rings. The van der Waals surface area contributed by atoms with Crippen LogP contribution >= 0.6 is 0 Å². The van der Waals surface area contributed by atoms with Gasteiger partial charge < -0.3 is 0 Å². The van der Waals surface area contributed by atoms with Crippen molar-refractivity contribution in [3.05, 3.63) is 12.2 Å². The number of rotatable bonds is 0. The predicted octanol–water partition coefficient (Wildman–Crippen LogP) is 2.50. The summed E-state index contributed by atoms with van der Waals surface area (Å²) in [6.45, 7) is 1.43. The Morgan fingerprint density at radius 1 is 1.30 bits per heavy atom. The first kappa shape index (κ1) is 7.34. The zero-order valence-electron chi connectivity index (χ0n) is 6.38. The molecule has 1 heteroatoms. The quantitative estimate of drug-likeness (QED) is 0.468. The summed E-state index contributed by atoms with van der Waals surface area (Å²) in [4.78, 5) is 0. The molecule has 2 aliphatic carbocycles. The molecule has 0 aromatic heterocycles. The first-order chi connectivity index (χ1) is 4.86. The highest BCUT2D eigenvalue weighted by atomic mass is 14.3. The predicted molar refractivity (Wildman–Crippen MR) is 41.3 cm³/mol. The lowest BCUT2D eigenvalue weighted by Gasteiger charge is -1.96. The zero-order chi connectivity index (χ0) is 7.40. The van der Waals surface area contributed by atoms with E-state index in [1.165, 1.54) is 26.2 Å². The van der Waals surface area contributed by atoms with Crippen molar-refractivity contribution in [1.29, 1.82) is 5.26 Å². The van der Waals surface area contributed by atoms with Crippen molar-refractivity contribution >= 4 is 0 Å². The fraction of sp³-hybridized carbons (Fsp3) is 0.667. The van der Waals surface area contributed by atoms with E-state index in [9.17, 15) is 0 Å². The number of hydrogen-bond donors (Lipinski definition) is 0. The largest absolute Gasteiger partial charge is 0.199 e. The first-order valence-corrected chi connectivity index (χ1v) is 3.86. The first-order valence-electron chi connectivity index (χ1n) is 3.86. The van der Waals surface area contributed by atoms with Crippen molar-refractivity contribution in [3.63, 3.8) is 0 Å². The Labute approximate surface area is 62.4 Å². The van der Waals surface area contributed by atoms with Gasteiger partial charge in [0.15, 0.2) is 0 Å². The van der Waals surface area contributed by atoms with Gasteiger partial charge in [-0.1, -0.05) is 12.2 Å². The van der Waals surface area contributed by atoms with Crippen LogP contribution in [-0.2, 0) is 0 Å². The molecule has 1 saturated carbocycles. The number of nitriles is 1. The van der Waals surface area contributed by atoms with E-state index in [1.807, 2.05) is 0 Å². The van der Waals surface area contributed by atoms with E-state index in [1.54, 1.807) is 6.07 Å². The van der Waals surface area contributed by atoms with E-state index >= 15 is 0 Å². The van der Waals surface area contributed by atoms with Gasteiger partial charge in [0.2, 0.25) is 0 Å². The number of nitrogens with zero attached hydrogens (tertiary/aromatic N) is 1. The Balaban J connectivity index is 0.000000148. The lowest BCUT2D eigenvalue weighted by molar-refractivity contribution is 0.691. The fourth-order valence-electron chi connectivity index (χ4n) is 1.72. The molecule has 0 radical (unpaired) electrons. The Morgan fingerprint density at radius 2 is 1.70 bits per heavy atom. The molecule has 2 bridgehead atoms. The minimum absolute atomic E-state index is 0.991. The van der Waals surface area contributed by atoms with E-state index in [0.717, 1.165) is 11.8 Å². The van der Waals surface area contributed by atoms with Crippen LogP contribution in [0.2, 0.25) is 0 Å². The third-order valence-electron chi connectivity index (χ3n) is 2.17. The van der Waals surface area contributed by atoms with Gasteiger partial charge in [-0.3, -0.25) is 0 Å². The SMILES string of the molecule is C1=CC2CCC1C2.CC#N. The second kappa shape index (κ2) is 3.41. The van der Waals surface area contributed by atoms with Gasteiger partial charge in [-0.25, -0.2) is 0 Å². The Morgan fingerprint density at radius 3 is 1.80 bits per heavy atom. The second-order valence-electron chi connectivity index (χ2n) is 2.94. The Bertz CT molecular complexity index is 152. The average molecular weight is 135 g/mol. The molecule has 2 unspecified atom stereocenters. The molecule has 0 aromatic rings. The molecule has 0 amide bonds. The van der Waals surface area contributed by atoms with Gasteiger partial charge >= 0.3 is 0 Å². The summed E-state index contributed by atoms with van der Waals surface area (Å²) in [7, 11) is 0. The zero-order valence-corrected chi connectivity index (χ0v) is 6.38. The standard InChI is InChI=1S/C7H10.C2H3N/c1-2-7-4-3-6(1)5-7;1-2-3/h1-2,6-7H,3-5H2;1H3. The summed E-state index contributed by atoms with van der Waals surface area (Å²) >= 11 is 0. The molecule has 1 fully saturated rings. The summed E-state index contributed by atoms with van der Waals surface area (Å²) in [6.07, 6.45) is 9.19. The van der Waals surface area contributed by atoms with Crippen molar-refractivity contribution in [3.8, 4) is 6.07 Å². The topological polar surface area (TPSA) is 23.8 Å². The van der Waals surface area contributed by atoms with Crippen molar-refractivity contribution in [2.45, 2.75) is 26.2 Å². The second-order valence-corrected chi connectivity index (χ2v) is 2.94. The van der Waals surface area contributed by atoms with Crippen LogP contribution in [-0.4, -0.2) is 0 Å². The minimum Gasteiger partial charge on any atom is -0.199 e. The number of hydrogen-bond acceptors (Lipinski definition) is 1. The molecule has 0 saturated heterocycles. The van der Waals surface area contributed by atoms with E-state index in [-0.39, 0.29) is 0 Å². The van der Waals surface area contributed by atoms with Crippen LogP contribution in [0.5, 0.6) is 0 Å². The van der Waals surface area contributed by atoms with Gasteiger partial charge in [0, 0.05) is 6.92 Å². The lowest BCUT2D eigenvalue weighted by atomic mass is 10.1. The van der Waals surface area contributed by atoms with Crippen LogP contribution in [0.1, 0.15) is 26.2 Å². The molecule has 1 nitrogen and oxygen atoms in total. The Kier molecular flexibility index (Phi) is 2.50. The van der Waals surface area contributed by atoms with Gasteiger partial charge in [0.1, 0.15) is 0 Å². The summed E-state index contributed by atoms with van der Waals surface area (Å²) < 4.78 is 0. The van der Waals surface area contributed by atoms with Crippen molar-refractivity contribution < 1.29 is 0 Å². The van der Waals surface area contributed by atoms with Crippen molar-refractivity contribution in [2.75, 3.05) is 0 Å². The number of allylic oxidation sites excluding steroid dienone is 2. The molecular weight excluding hydrogens is 122 g/mol. The summed E-state index contributed by atoms with van der Waals surface area (Å²) in [6, 6.07) is 1.75. The van der Waals surface area contributed by atoms with Gasteiger partial charge in [0.05, 0.1) is 6.07 Å². The monoisotopic (exact) mass is 135 g/mol. The molecule has 2 atom stereocenters. The van der Waals surface area contributed by atoms with Crippen LogP contribution in [0.3, 0.4) is 0 Å². The molecule has 0 aromatic carbocycles. The summed E-state index contributed by atoms with van der Waals surface area (Å²) in [5.41, 5.74) is 0. The highest BCUT2D eigenvalue weighted by molar-refractivity contribution is 5.06. The summed E-state index contributed by atoms with van der Waals surface area (Å²) in [5, 5.41) is 7.32. The molecule has 0 N–H and O–H groups in total. The Hall–Kier alpha value is -0.770. The van der Waals surface area contributed by atoms with Crippen molar-refractivity contribution in [2.24, 2.45) is 11.8 Å². The molecular formula is C9H13N. The van der Waals surface area contributed by atoms with Gasteiger partial charge in [-0.15, -0.1) is 0 Å². The average Bonchev–Trinajstić information content (AvgIpc) is 2.49. The lowest BCUT2D eigenvalue weighted by Crippen LogP contribution is -1.82. The van der Waals surface area contributed by atoms with E-state index in [2.05, 4.69) is 12.2 Å². The molecule has 0 heterocycles. The smallest absolute Gasteiger partial charge is 0.0587 e. The molecule has 0 aliphatic heterocycles. The highest BCUT2D eigenvalue weighted by Gasteiger charge is 2.25. The van der Waals surface area contributed by atoms with Crippen LogP contribution in [0.4, 0.5) is 0 Å². The minimum atomic E-state index is 0.991. The fourth-order valence-corrected chi connectivity index (χ4v) is 1.72. The van der Waals surface area contributed by atoms with Gasteiger partial charge in [0.25, 0.3) is 0 Å².